The highest BCUT2D eigenvalue weighted by molar-refractivity contribution is 6.34. The van der Waals surface area contributed by atoms with Gasteiger partial charge in [-0.05, 0) is 30.7 Å². The fourth-order valence-corrected chi connectivity index (χ4v) is 2.46. The highest BCUT2D eigenvalue weighted by Crippen LogP contribution is 2.23. The van der Waals surface area contributed by atoms with Crippen LogP contribution in [0, 0.1) is 11.8 Å². The van der Waals surface area contributed by atoms with Crippen LogP contribution in [0.5, 0.6) is 0 Å². The van der Waals surface area contributed by atoms with Gasteiger partial charge in [0, 0.05) is 12.2 Å². The van der Waals surface area contributed by atoms with Crippen molar-refractivity contribution in [3.05, 3.63) is 28.8 Å². The van der Waals surface area contributed by atoms with Crippen LogP contribution in [0.15, 0.2) is 18.2 Å². The van der Waals surface area contributed by atoms with E-state index >= 15 is 0 Å². The Balaban J connectivity index is 2.09. The summed E-state index contributed by atoms with van der Waals surface area (Å²) in [5.74, 6) is -0.369. The van der Waals surface area contributed by atoms with Crippen LogP contribution in [0.4, 0.5) is 5.69 Å². The van der Waals surface area contributed by atoms with Crippen LogP contribution in [0.1, 0.15) is 17.3 Å². The molecule has 1 aromatic carbocycles. The minimum Gasteiger partial charge on any atom is -0.366 e. The molecule has 1 aromatic rings. The van der Waals surface area contributed by atoms with E-state index in [1.165, 1.54) is 12.1 Å². The third-order valence-corrected chi connectivity index (χ3v) is 3.67. The summed E-state index contributed by atoms with van der Waals surface area (Å²) in [5.41, 5.74) is 5.98. The fourth-order valence-electron chi connectivity index (χ4n) is 2.19. The van der Waals surface area contributed by atoms with E-state index in [0.717, 1.165) is 6.54 Å². The minimum atomic E-state index is -0.587. The molecule has 1 saturated heterocycles. The summed E-state index contributed by atoms with van der Waals surface area (Å²) in [6.07, 6.45) is 0. The molecule has 4 N–H and O–H groups in total. The van der Waals surface area contributed by atoms with Crippen molar-refractivity contribution in [2.75, 3.05) is 18.4 Å². The van der Waals surface area contributed by atoms with Crippen LogP contribution < -0.4 is 16.4 Å². The molecule has 0 spiro atoms. The summed E-state index contributed by atoms with van der Waals surface area (Å²) in [6, 6.07) is 4.67. The van der Waals surface area contributed by atoms with Gasteiger partial charge in [-0.2, -0.15) is 0 Å². The van der Waals surface area contributed by atoms with Crippen molar-refractivity contribution >= 4 is 29.1 Å². The van der Waals surface area contributed by atoms with E-state index in [9.17, 15) is 9.59 Å². The lowest BCUT2D eigenvalue weighted by Crippen LogP contribution is -2.27. The molecule has 0 saturated carbocycles. The van der Waals surface area contributed by atoms with Gasteiger partial charge in [-0.3, -0.25) is 9.59 Å². The number of nitrogens with two attached hydrogens (primary N) is 1. The number of hydrogen-bond acceptors (Lipinski definition) is 3. The van der Waals surface area contributed by atoms with Gasteiger partial charge in [0.25, 0.3) is 0 Å². The van der Waals surface area contributed by atoms with E-state index in [0.29, 0.717) is 18.2 Å². The second kappa shape index (κ2) is 5.59. The molecule has 0 bridgehead atoms. The maximum atomic E-state index is 12.1. The molecule has 102 valence electrons. The molecule has 1 heterocycles. The predicted molar refractivity (Wildman–Crippen MR) is 74.1 cm³/mol. The standard InChI is InChI=1S/C13H16ClN3O2/c1-7-5-16-6-10(7)13(19)17-8-2-3-9(12(15)18)11(14)4-8/h2-4,7,10,16H,5-6H2,1H3,(H2,15,18)(H,17,19). The molecule has 2 rings (SSSR count). The van der Waals surface area contributed by atoms with Crippen LogP contribution in [-0.2, 0) is 4.79 Å². The Labute approximate surface area is 116 Å². The Hall–Kier alpha value is -1.59. The molecular formula is C13H16ClN3O2. The molecular weight excluding hydrogens is 266 g/mol. The first-order chi connectivity index (χ1) is 8.99. The molecule has 0 aliphatic carbocycles. The number of halogens is 1. The molecule has 1 fully saturated rings. The lowest BCUT2D eigenvalue weighted by Gasteiger charge is -2.14. The van der Waals surface area contributed by atoms with Gasteiger partial charge >= 0.3 is 0 Å². The van der Waals surface area contributed by atoms with Crippen molar-refractivity contribution in [3.63, 3.8) is 0 Å². The van der Waals surface area contributed by atoms with Gasteiger partial charge in [-0.25, -0.2) is 0 Å². The molecule has 1 aliphatic heterocycles. The third-order valence-electron chi connectivity index (χ3n) is 3.36. The zero-order chi connectivity index (χ0) is 14.0. The molecule has 2 unspecified atom stereocenters. The first kappa shape index (κ1) is 13.8. The molecule has 0 radical (unpaired) electrons. The Morgan fingerprint density at radius 2 is 2.16 bits per heavy atom. The molecule has 0 aromatic heterocycles. The molecule has 1 aliphatic rings. The lowest BCUT2D eigenvalue weighted by atomic mass is 9.97. The summed E-state index contributed by atoms with van der Waals surface area (Å²) in [5, 5.41) is 6.22. The number of nitrogens with one attached hydrogen (secondary N) is 2. The first-order valence-electron chi connectivity index (χ1n) is 6.10. The highest BCUT2D eigenvalue weighted by atomic mass is 35.5. The van der Waals surface area contributed by atoms with Gasteiger partial charge in [0.1, 0.15) is 0 Å². The highest BCUT2D eigenvalue weighted by Gasteiger charge is 2.29. The average molecular weight is 282 g/mol. The molecule has 2 atom stereocenters. The van der Waals surface area contributed by atoms with Gasteiger partial charge in [-0.1, -0.05) is 18.5 Å². The number of anilines is 1. The van der Waals surface area contributed by atoms with Gasteiger partial charge < -0.3 is 16.4 Å². The SMILES string of the molecule is CC1CNCC1C(=O)Nc1ccc(C(N)=O)c(Cl)c1. The van der Waals surface area contributed by atoms with E-state index in [4.69, 9.17) is 17.3 Å². The smallest absolute Gasteiger partial charge is 0.250 e. The first-order valence-corrected chi connectivity index (χ1v) is 6.47. The number of carbonyl (C=O) groups excluding carboxylic acids is 2. The zero-order valence-corrected chi connectivity index (χ0v) is 11.3. The van der Waals surface area contributed by atoms with E-state index < -0.39 is 5.91 Å². The Morgan fingerprint density at radius 1 is 1.42 bits per heavy atom. The number of rotatable bonds is 3. The van der Waals surface area contributed by atoms with Gasteiger partial charge in [-0.15, -0.1) is 0 Å². The van der Waals surface area contributed by atoms with Crippen molar-refractivity contribution in [1.82, 2.24) is 5.32 Å². The molecule has 19 heavy (non-hydrogen) atoms. The number of amides is 2. The molecule has 2 amide bonds. The second-order valence-corrected chi connectivity index (χ2v) is 5.20. The summed E-state index contributed by atoms with van der Waals surface area (Å²) in [6.45, 7) is 3.56. The number of primary amides is 1. The van der Waals surface area contributed by atoms with Crippen LogP contribution in [0.25, 0.3) is 0 Å². The van der Waals surface area contributed by atoms with Crippen molar-refractivity contribution in [3.8, 4) is 0 Å². The quantitative estimate of drug-likeness (QED) is 0.779. The lowest BCUT2D eigenvalue weighted by molar-refractivity contribution is -0.120. The average Bonchev–Trinajstić information content (AvgIpc) is 2.75. The Morgan fingerprint density at radius 3 is 2.68 bits per heavy atom. The van der Waals surface area contributed by atoms with Gasteiger partial charge in [0.05, 0.1) is 16.5 Å². The number of benzene rings is 1. The van der Waals surface area contributed by atoms with Crippen molar-refractivity contribution in [2.45, 2.75) is 6.92 Å². The summed E-state index contributed by atoms with van der Waals surface area (Å²) >= 11 is 5.93. The summed E-state index contributed by atoms with van der Waals surface area (Å²) < 4.78 is 0. The van der Waals surface area contributed by atoms with Crippen molar-refractivity contribution in [1.29, 1.82) is 0 Å². The Bertz CT molecular complexity index is 519. The van der Waals surface area contributed by atoms with Crippen LogP contribution in [-0.4, -0.2) is 24.9 Å². The molecule has 6 heteroatoms. The van der Waals surface area contributed by atoms with Crippen LogP contribution >= 0.6 is 11.6 Å². The number of carbonyl (C=O) groups is 2. The topological polar surface area (TPSA) is 84.2 Å². The fraction of sp³-hybridized carbons (Fsp3) is 0.385. The largest absolute Gasteiger partial charge is 0.366 e. The minimum absolute atomic E-state index is 0.0413. The zero-order valence-electron chi connectivity index (χ0n) is 10.6. The number of hydrogen-bond donors (Lipinski definition) is 3. The van der Waals surface area contributed by atoms with Crippen LogP contribution in [0.3, 0.4) is 0 Å². The van der Waals surface area contributed by atoms with Crippen molar-refractivity contribution in [2.24, 2.45) is 17.6 Å². The second-order valence-electron chi connectivity index (χ2n) is 4.79. The van der Waals surface area contributed by atoms with E-state index in [1.807, 2.05) is 6.92 Å². The van der Waals surface area contributed by atoms with Crippen LogP contribution in [0.2, 0.25) is 5.02 Å². The van der Waals surface area contributed by atoms with Gasteiger partial charge in [0.15, 0.2) is 0 Å². The normalized spacial score (nSPS) is 22.2. The summed E-state index contributed by atoms with van der Waals surface area (Å²) in [7, 11) is 0. The van der Waals surface area contributed by atoms with E-state index in [2.05, 4.69) is 10.6 Å². The van der Waals surface area contributed by atoms with E-state index in [-0.39, 0.29) is 22.4 Å². The van der Waals surface area contributed by atoms with E-state index in [1.54, 1.807) is 6.07 Å². The maximum absolute atomic E-state index is 12.1. The monoisotopic (exact) mass is 281 g/mol. The predicted octanol–water partition coefficient (Wildman–Crippen LogP) is 1.23. The maximum Gasteiger partial charge on any atom is 0.250 e. The Kier molecular flexibility index (Phi) is 4.07. The van der Waals surface area contributed by atoms with Gasteiger partial charge in [0.2, 0.25) is 11.8 Å². The molecule has 5 nitrogen and oxygen atoms in total. The van der Waals surface area contributed by atoms with Crippen molar-refractivity contribution < 1.29 is 9.59 Å². The summed E-state index contributed by atoms with van der Waals surface area (Å²) in [4.78, 5) is 23.1. The third kappa shape index (κ3) is 3.05.